The van der Waals surface area contributed by atoms with Gasteiger partial charge in [0.25, 0.3) is 0 Å². The molecule has 0 radical (unpaired) electrons. The molecule has 0 aliphatic heterocycles. The fraction of sp³-hybridized carbons (Fsp3) is 0.400. The predicted octanol–water partition coefficient (Wildman–Crippen LogP) is 2.88. The molecule has 1 heterocycles. The Balaban J connectivity index is 2.16. The monoisotopic (exact) mass is 277 g/mol. The van der Waals surface area contributed by atoms with Crippen LogP contribution in [0.2, 0.25) is 0 Å². The van der Waals surface area contributed by atoms with E-state index in [4.69, 9.17) is 0 Å². The fourth-order valence-corrected chi connectivity index (χ4v) is 2.90. The van der Waals surface area contributed by atoms with Gasteiger partial charge < -0.3 is 10.4 Å². The summed E-state index contributed by atoms with van der Waals surface area (Å²) in [6.07, 6.45) is 0. The maximum Gasteiger partial charge on any atom is 0.222 e. The number of aliphatic hydroxyl groups is 1. The molecule has 102 valence electrons. The molecular weight excluding hydrogens is 258 g/mol. The highest BCUT2D eigenvalue weighted by Gasteiger charge is 2.26. The van der Waals surface area contributed by atoms with Gasteiger partial charge in [0.1, 0.15) is 5.60 Å². The van der Waals surface area contributed by atoms with Gasteiger partial charge in [0.15, 0.2) is 0 Å². The third kappa shape index (κ3) is 3.14. The Kier molecular flexibility index (Phi) is 3.92. The van der Waals surface area contributed by atoms with E-state index in [0.29, 0.717) is 0 Å². The molecule has 0 saturated heterocycles. The topological polar surface area (TPSA) is 49.3 Å². The third-order valence-corrected chi connectivity index (χ3v) is 4.46. The first-order chi connectivity index (χ1) is 8.90. The number of amides is 1. The molecule has 2 aromatic rings. The lowest BCUT2D eigenvalue weighted by atomic mass is 10.0. The lowest BCUT2D eigenvalue weighted by Gasteiger charge is -2.22. The molecule has 0 aliphatic carbocycles. The Labute approximate surface area is 117 Å². The number of nitrogens with one attached hydrogen (secondary N) is 1. The average Bonchev–Trinajstić information content (AvgIpc) is 2.80. The number of hydrogen-bond donors (Lipinski definition) is 2. The van der Waals surface area contributed by atoms with Crippen molar-refractivity contribution in [1.82, 2.24) is 5.32 Å². The van der Waals surface area contributed by atoms with Crippen LogP contribution < -0.4 is 5.32 Å². The van der Waals surface area contributed by atoms with Gasteiger partial charge in [0, 0.05) is 15.5 Å². The zero-order chi connectivity index (χ0) is 14.0. The molecule has 1 aromatic heterocycles. The van der Waals surface area contributed by atoms with E-state index in [1.807, 2.05) is 44.2 Å². The van der Waals surface area contributed by atoms with Crippen LogP contribution in [0.5, 0.6) is 0 Å². The number of thiophene rings is 1. The molecule has 2 rings (SSSR count). The smallest absolute Gasteiger partial charge is 0.222 e. The fourth-order valence-electron chi connectivity index (χ4n) is 1.80. The van der Waals surface area contributed by atoms with Crippen LogP contribution in [0.1, 0.15) is 25.6 Å². The summed E-state index contributed by atoms with van der Waals surface area (Å²) in [5.74, 6) is -0.111. The van der Waals surface area contributed by atoms with Crippen molar-refractivity contribution in [3.8, 4) is 0 Å². The summed E-state index contributed by atoms with van der Waals surface area (Å²) in [6.45, 7) is 5.64. The predicted molar refractivity (Wildman–Crippen MR) is 79.2 cm³/mol. The molecule has 0 aliphatic rings. The molecule has 4 heteroatoms. The van der Waals surface area contributed by atoms with Gasteiger partial charge in [-0.2, -0.15) is 0 Å². The summed E-state index contributed by atoms with van der Waals surface area (Å²) in [5, 5.41) is 14.4. The second kappa shape index (κ2) is 5.31. The first-order valence-electron chi connectivity index (χ1n) is 6.39. The quantitative estimate of drug-likeness (QED) is 0.903. The van der Waals surface area contributed by atoms with Crippen LogP contribution in [0.25, 0.3) is 10.1 Å². The molecule has 2 N–H and O–H groups in total. The van der Waals surface area contributed by atoms with Crippen LogP contribution in [-0.2, 0) is 10.4 Å². The normalized spacial score (nSPS) is 14.6. The number of benzene rings is 1. The minimum Gasteiger partial charge on any atom is -0.383 e. The zero-order valence-electron chi connectivity index (χ0n) is 11.4. The van der Waals surface area contributed by atoms with E-state index in [2.05, 4.69) is 5.32 Å². The Morgan fingerprint density at radius 1 is 1.42 bits per heavy atom. The van der Waals surface area contributed by atoms with Crippen molar-refractivity contribution in [2.24, 2.45) is 5.92 Å². The van der Waals surface area contributed by atoms with Gasteiger partial charge in [-0.1, -0.05) is 32.0 Å². The second-order valence-electron chi connectivity index (χ2n) is 5.29. The van der Waals surface area contributed by atoms with Gasteiger partial charge in [-0.3, -0.25) is 4.79 Å². The van der Waals surface area contributed by atoms with Gasteiger partial charge in [-0.15, -0.1) is 11.3 Å². The van der Waals surface area contributed by atoms with E-state index in [-0.39, 0.29) is 18.4 Å². The van der Waals surface area contributed by atoms with Gasteiger partial charge in [-0.05, 0) is 24.4 Å². The average molecular weight is 277 g/mol. The maximum atomic E-state index is 11.6. The number of carbonyl (C=O) groups excluding carboxylic acids is 1. The Morgan fingerprint density at radius 3 is 2.74 bits per heavy atom. The lowest BCUT2D eigenvalue weighted by molar-refractivity contribution is -0.125. The summed E-state index contributed by atoms with van der Waals surface area (Å²) in [7, 11) is 0. The summed E-state index contributed by atoms with van der Waals surface area (Å²) in [5.41, 5.74) is -1.03. The molecule has 0 bridgehead atoms. The Bertz CT molecular complexity index is 554. The largest absolute Gasteiger partial charge is 0.383 e. The Hall–Kier alpha value is -1.39. The molecule has 1 aromatic carbocycles. The van der Waals surface area contributed by atoms with E-state index in [1.54, 1.807) is 18.3 Å². The lowest BCUT2D eigenvalue weighted by Crippen LogP contribution is -2.39. The van der Waals surface area contributed by atoms with Crippen molar-refractivity contribution >= 4 is 27.3 Å². The molecule has 1 unspecified atom stereocenters. The highest BCUT2D eigenvalue weighted by molar-refractivity contribution is 7.19. The van der Waals surface area contributed by atoms with Gasteiger partial charge in [0.2, 0.25) is 5.91 Å². The summed E-state index contributed by atoms with van der Waals surface area (Å²) >= 11 is 1.56. The maximum absolute atomic E-state index is 11.6. The van der Waals surface area contributed by atoms with E-state index in [1.165, 1.54) is 0 Å². The van der Waals surface area contributed by atoms with Crippen molar-refractivity contribution in [2.45, 2.75) is 26.4 Å². The molecule has 1 amide bonds. The number of carbonyl (C=O) groups is 1. The van der Waals surface area contributed by atoms with Crippen molar-refractivity contribution in [3.63, 3.8) is 0 Å². The highest BCUT2D eigenvalue weighted by Crippen LogP contribution is 2.32. The van der Waals surface area contributed by atoms with E-state index < -0.39 is 5.60 Å². The molecule has 1 atom stereocenters. The van der Waals surface area contributed by atoms with Crippen LogP contribution in [0.4, 0.5) is 0 Å². The van der Waals surface area contributed by atoms with Crippen LogP contribution in [0.15, 0.2) is 30.3 Å². The van der Waals surface area contributed by atoms with Crippen molar-refractivity contribution in [1.29, 1.82) is 0 Å². The standard InChI is InChI=1S/C15H19NO2S/c1-10(2)14(17)16-9-15(3,18)13-8-11-6-4-5-7-12(11)19-13/h4-8,10,18H,9H2,1-3H3,(H,16,17). The van der Waals surface area contributed by atoms with Crippen molar-refractivity contribution in [3.05, 3.63) is 35.2 Å². The minimum atomic E-state index is -1.03. The van der Waals surface area contributed by atoms with Gasteiger partial charge in [-0.25, -0.2) is 0 Å². The van der Waals surface area contributed by atoms with Crippen LogP contribution in [-0.4, -0.2) is 17.6 Å². The SMILES string of the molecule is CC(C)C(=O)NCC(C)(O)c1cc2ccccc2s1. The minimum absolute atomic E-state index is 0.0404. The first kappa shape index (κ1) is 14.0. The summed E-state index contributed by atoms with van der Waals surface area (Å²) in [6, 6.07) is 10.0. The van der Waals surface area contributed by atoms with Crippen LogP contribution >= 0.6 is 11.3 Å². The first-order valence-corrected chi connectivity index (χ1v) is 7.21. The van der Waals surface area contributed by atoms with Crippen LogP contribution in [0, 0.1) is 5.92 Å². The van der Waals surface area contributed by atoms with Gasteiger partial charge in [0.05, 0.1) is 6.54 Å². The third-order valence-electron chi connectivity index (χ3n) is 3.09. The number of fused-ring (bicyclic) bond motifs is 1. The van der Waals surface area contributed by atoms with E-state index in [0.717, 1.165) is 15.0 Å². The highest BCUT2D eigenvalue weighted by atomic mass is 32.1. The van der Waals surface area contributed by atoms with E-state index in [9.17, 15) is 9.90 Å². The molecule has 0 fully saturated rings. The number of rotatable bonds is 4. The van der Waals surface area contributed by atoms with Gasteiger partial charge >= 0.3 is 0 Å². The number of hydrogen-bond acceptors (Lipinski definition) is 3. The zero-order valence-corrected chi connectivity index (χ0v) is 12.3. The molecule has 3 nitrogen and oxygen atoms in total. The summed E-state index contributed by atoms with van der Waals surface area (Å²) < 4.78 is 1.15. The summed E-state index contributed by atoms with van der Waals surface area (Å²) in [4.78, 5) is 12.4. The van der Waals surface area contributed by atoms with Crippen molar-refractivity contribution < 1.29 is 9.90 Å². The second-order valence-corrected chi connectivity index (χ2v) is 6.38. The Morgan fingerprint density at radius 2 is 2.11 bits per heavy atom. The molecular formula is C15H19NO2S. The molecule has 0 saturated carbocycles. The van der Waals surface area contributed by atoms with Crippen molar-refractivity contribution in [2.75, 3.05) is 6.54 Å². The van der Waals surface area contributed by atoms with E-state index >= 15 is 0 Å². The van der Waals surface area contributed by atoms with Crippen LogP contribution in [0.3, 0.4) is 0 Å². The molecule has 0 spiro atoms. The molecule has 19 heavy (non-hydrogen) atoms.